The van der Waals surface area contributed by atoms with Crippen molar-refractivity contribution in [3.05, 3.63) is 129 Å². The summed E-state index contributed by atoms with van der Waals surface area (Å²) in [5.41, 5.74) is 7.69. The number of nitrogens with zero attached hydrogens (tertiary/aromatic N) is 1. The maximum Gasteiger partial charge on any atom is 0.180 e. The smallest absolute Gasteiger partial charge is 0.180 e. The Labute approximate surface area is 269 Å². The summed E-state index contributed by atoms with van der Waals surface area (Å²) >= 11 is 7.00. The summed E-state index contributed by atoms with van der Waals surface area (Å²) in [4.78, 5) is 29.8. The number of hydrogen-bond acceptors (Lipinski definition) is 5. The summed E-state index contributed by atoms with van der Waals surface area (Å²) in [5, 5.41) is 2.68. The van der Waals surface area contributed by atoms with Crippen LogP contribution in [0.2, 0.25) is 5.02 Å². The number of hydrogen-bond donors (Lipinski definition) is 0. The Balaban J connectivity index is 1.31. The predicted octanol–water partition coefficient (Wildman–Crippen LogP) is 9.00. The minimum absolute atomic E-state index is 0.103. The van der Waals surface area contributed by atoms with Crippen molar-refractivity contribution in [1.82, 2.24) is 4.90 Å². The molecule has 0 radical (unpaired) electrons. The lowest BCUT2D eigenvalue weighted by Crippen LogP contribution is -2.38. The molecule has 2 aliphatic carbocycles. The number of allylic oxidation sites excluding steroid dienone is 4. The molecule has 0 bridgehead atoms. The molecule has 0 atom stereocenters. The summed E-state index contributed by atoms with van der Waals surface area (Å²) in [7, 11) is 1.60. The van der Waals surface area contributed by atoms with Crippen LogP contribution in [0.4, 0.5) is 0 Å². The summed E-state index contributed by atoms with van der Waals surface area (Å²) in [6.45, 7) is 3.04. The lowest BCUT2D eigenvalue weighted by atomic mass is 9.71. The van der Waals surface area contributed by atoms with E-state index >= 15 is 0 Å². The number of aryl methyl sites for hydroxylation is 1. The van der Waals surface area contributed by atoms with Crippen molar-refractivity contribution in [2.24, 2.45) is 0 Å². The van der Waals surface area contributed by atoms with E-state index in [1.54, 1.807) is 7.11 Å². The molecule has 6 heteroatoms. The molecule has 0 aromatic heterocycles. The SMILES string of the molecule is COc1cc(C2C3=C(CCCC3=O)N(Cc3ccccc3)C3=C2C(=O)CCC3)cc(Cl)c1OCc1c(C)ccc2ccccc12. The molecular formula is C39H36ClNO4. The Morgan fingerprint density at radius 2 is 1.49 bits per heavy atom. The van der Waals surface area contributed by atoms with Gasteiger partial charge in [-0.2, -0.15) is 0 Å². The average Bonchev–Trinajstić information content (AvgIpc) is 3.05. The standard InChI is InChI=1S/C39H36ClNO4/c1-24-18-19-26-12-6-7-13-28(26)29(24)23-45-39-30(40)20-27(21-35(39)44-2)36-37-31(14-8-16-33(37)42)41(22-25-10-4-3-5-11-25)32-15-9-17-34(43)38(32)36/h3-7,10-13,18-21,36H,8-9,14-17,22-23H2,1-2H3. The van der Waals surface area contributed by atoms with Gasteiger partial charge in [-0.3, -0.25) is 9.59 Å². The summed E-state index contributed by atoms with van der Waals surface area (Å²) in [6, 6.07) is 26.5. The van der Waals surface area contributed by atoms with Crippen LogP contribution in [0.25, 0.3) is 10.8 Å². The number of Topliss-reactive ketones (excluding diaryl/α,β-unsaturated/α-hetero) is 2. The normalized spacial score (nSPS) is 17.1. The second kappa shape index (κ2) is 12.2. The Morgan fingerprint density at radius 3 is 2.18 bits per heavy atom. The van der Waals surface area contributed by atoms with E-state index in [1.165, 1.54) is 0 Å². The van der Waals surface area contributed by atoms with Crippen molar-refractivity contribution in [3.8, 4) is 11.5 Å². The molecule has 5 nitrogen and oxygen atoms in total. The van der Waals surface area contributed by atoms with E-state index in [0.29, 0.717) is 42.5 Å². The van der Waals surface area contributed by atoms with Crippen molar-refractivity contribution in [2.75, 3.05) is 7.11 Å². The third-order valence-electron chi connectivity index (χ3n) is 9.49. The first-order chi connectivity index (χ1) is 21.9. The zero-order valence-corrected chi connectivity index (χ0v) is 26.5. The fourth-order valence-corrected chi connectivity index (χ4v) is 7.61. The number of fused-ring (bicyclic) bond motifs is 1. The van der Waals surface area contributed by atoms with Crippen LogP contribution in [0.15, 0.2) is 101 Å². The zero-order valence-electron chi connectivity index (χ0n) is 25.7. The van der Waals surface area contributed by atoms with Gasteiger partial charge in [0.1, 0.15) is 6.61 Å². The fraction of sp³-hybridized carbons (Fsp3) is 0.282. The van der Waals surface area contributed by atoms with Gasteiger partial charge in [0, 0.05) is 53.4 Å². The van der Waals surface area contributed by atoms with Gasteiger partial charge in [0.15, 0.2) is 23.1 Å². The number of ether oxygens (including phenoxy) is 2. The molecule has 0 amide bonds. The quantitative estimate of drug-likeness (QED) is 0.207. The van der Waals surface area contributed by atoms with Crippen molar-refractivity contribution in [3.63, 3.8) is 0 Å². The number of methoxy groups -OCH3 is 1. The van der Waals surface area contributed by atoms with E-state index < -0.39 is 5.92 Å². The average molecular weight is 618 g/mol. The minimum Gasteiger partial charge on any atom is -0.493 e. The first kappa shape index (κ1) is 29.4. The highest BCUT2D eigenvalue weighted by Gasteiger charge is 2.43. The van der Waals surface area contributed by atoms with Gasteiger partial charge >= 0.3 is 0 Å². The van der Waals surface area contributed by atoms with Gasteiger partial charge in [-0.25, -0.2) is 0 Å². The van der Waals surface area contributed by atoms with Gasteiger partial charge in [-0.05, 0) is 72.2 Å². The number of ketones is 2. The van der Waals surface area contributed by atoms with Crippen molar-refractivity contribution in [2.45, 2.75) is 64.5 Å². The number of carbonyl (C=O) groups excluding carboxylic acids is 2. The van der Waals surface area contributed by atoms with Gasteiger partial charge in [0.05, 0.1) is 12.1 Å². The monoisotopic (exact) mass is 617 g/mol. The van der Waals surface area contributed by atoms with Crippen LogP contribution in [0, 0.1) is 6.92 Å². The molecule has 1 aliphatic heterocycles. The molecule has 4 aromatic rings. The molecular weight excluding hydrogens is 582 g/mol. The molecule has 0 saturated heterocycles. The molecule has 0 spiro atoms. The van der Waals surface area contributed by atoms with Crippen molar-refractivity contribution in [1.29, 1.82) is 0 Å². The second-order valence-electron chi connectivity index (χ2n) is 12.2. The van der Waals surface area contributed by atoms with Crippen molar-refractivity contribution >= 4 is 33.9 Å². The maximum atomic E-state index is 13.8. The van der Waals surface area contributed by atoms with Crippen LogP contribution >= 0.6 is 11.6 Å². The summed E-state index contributed by atoms with van der Waals surface area (Å²) in [5.74, 6) is 0.656. The van der Waals surface area contributed by atoms with Crippen LogP contribution in [-0.4, -0.2) is 23.6 Å². The molecule has 0 saturated carbocycles. The number of halogens is 1. The fourth-order valence-electron chi connectivity index (χ4n) is 7.33. The van der Waals surface area contributed by atoms with Crippen LogP contribution in [0.3, 0.4) is 0 Å². The topological polar surface area (TPSA) is 55.8 Å². The Morgan fingerprint density at radius 1 is 0.822 bits per heavy atom. The lowest BCUT2D eigenvalue weighted by Gasteiger charge is -2.44. The predicted molar refractivity (Wildman–Crippen MR) is 178 cm³/mol. The van der Waals surface area contributed by atoms with E-state index in [9.17, 15) is 9.59 Å². The number of carbonyl (C=O) groups is 2. The van der Waals surface area contributed by atoms with Gasteiger partial charge < -0.3 is 14.4 Å². The third-order valence-corrected chi connectivity index (χ3v) is 9.77. The van der Waals surface area contributed by atoms with E-state index in [2.05, 4.69) is 48.2 Å². The molecule has 4 aromatic carbocycles. The Kier molecular flexibility index (Phi) is 7.97. The number of rotatable bonds is 7. The third kappa shape index (κ3) is 5.33. The molecule has 7 rings (SSSR count). The highest BCUT2D eigenvalue weighted by Crippen LogP contribution is 2.51. The molecule has 45 heavy (non-hydrogen) atoms. The number of benzene rings is 4. The van der Waals surface area contributed by atoms with E-state index in [-0.39, 0.29) is 11.6 Å². The van der Waals surface area contributed by atoms with E-state index in [0.717, 1.165) is 81.2 Å². The molecule has 0 unspecified atom stereocenters. The van der Waals surface area contributed by atoms with Gasteiger partial charge in [-0.1, -0.05) is 78.3 Å². The second-order valence-corrected chi connectivity index (χ2v) is 12.6. The highest BCUT2D eigenvalue weighted by molar-refractivity contribution is 6.32. The molecule has 228 valence electrons. The highest BCUT2D eigenvalue weighted by atomic mass is 35.5. The zero-order chi connectivity index (χ0) is 31.1. The molecule has 0 N–H and O–H groups in total. The van der Waals surface area contributed by atoms with E-state index in [4.69, 9.17) is 21.1 Å². The summed E-state index contributed by atoms with van der Waals surface area (Å²) < 4.78 is 12.3. The first-order valence-electron chi connectivity index (χ1n) is 15.8. The van der Waals surface area contributed by atoms with Crippen molar-refractivity contribution < 1.29 is 19.1 Å². The van der Waals surface area contributed by atoms with Crippen LogP contribution in [0.1, 0.15) is 66.7 Å². The van der Waals surface area contributed by atoms with Gasteiger partial charge in [0.25, 0.3) is 0 Å². The van der Waals surface area contributed by atoms with Crippen LogP contribution in [0.5, 0.6) is 11.5 Å². The Bertz CT molecular complexity index is 1850. The maximum absolute atomic E-state index is 13.8. The largest absolute Gasteiger partial charge is 0.493 e. The Hall–Kier alpha value is -4.35. The van der Waals surface area contributed by atoms with Crippen LogP contribution < -0.4 is 9.47 Å². The molecule has 3 aliphatic rings. The van der Waals surface area contributed by atoms with E-state index in [1.807, 2.05) is 42.5 Å². The summed E-state index contributed by atoms with van der Waals surface area (Å²) in [6.07, 6.45) is 4.15. The lowest BCUT2D eigenvalue weighted by molar-refractivity contribution is -0.117. The minimum atomic E-state index is -0.483. The van der Waals surface area contributed by atoms with Gasteiger partial charge in [-0.15, -0.1) is 0 Å². The van der Waals surface area contributed by atoms with Crippen LogP contribution in [-0.2, 0) is 22.7 Å². The molecule has 0 fully saturated rings. The van der Waals surface area contributed by atoms with Gasteiger partial charge in [0.2, 0.25) is 0 Å². The molecule has 1 heterocycles. The first-order valence-corrected chi connectivity index (χ1v) is 16.1.